The summed E-state index contributed by atoms with van der Waals surface area (Å²) in [5.41, 5.74) is 8.06. The largest absolute Gasteiger partial charge is 0.377 e. The van der Waals surface area contributed by atoms with Crippen molar-refractivity contribution in [2.45, 2.75) is 25.0 Å². The fraction of sp³-hybridized carbons (Fsp3) is 0.438. The Morgan fingerprint density at radius 2 is 2.24 bits per heavy atom. The number of para-hydroxylation sites is 1. The van der Waals surface area contributed by atoms with E-state index in [4.69, 9.17) is 10.5 Å². The Labute approximate surface area is 125 Å². The van der Waals surface area contributed by atoms with E-state index in [2.05, 4.69) is 10.4 Å². The van der Waals surface area contributed by atoms with Crippen LogP contribution >= 0.6 is 0 Å². The lowest BCUT2D eigenvalue weighted by Gasteiger charge is -2.18. The number of aromatic nitrogens is 2. The van der Waals surface area contributed by atoms with Gasteiger partial charge in [0.2, 0.25) is 0 Å². The minimum absolute atomic E-state index is 0.117. The first kappa shape index (κ1) is 14.3. The Bertz CT molecular complexity index is 548. The maximum Gasteiger partial charge on any atom is 0.0700 e. The van der Waals surface area contributed by atoms with Crippen LogP contribution in [0.15, 0.2) is 42.7 Å². The van der Waals surface area contributed by atoms with Crippen LogP contribution in [0.25, 0.3) is 5.69 Å². The van der Waals surface area contributed by atoms with E-state index in [1.54, 1.807) is 0 Å². The van der Waals surface area contributed by atoms with Crippen LogP contribution in [-0.4, -0.2) is 35.6 Å². The average Bonchev–Trinajstić information content (AvgIpc) is 3.20. The third kappa shape index (κ3) is 3.50. The van der Waals surface area contributed by atoms with Gasteiger partial charge in [0.05, 0.1) is 18.0 Å². The van der Waals surface area contributed by atoms with Gasteiger partial charge in [0.15, 0.2) is 0 Å². The molecule has 0 bridgehead atoms. The molecule has 0 amide bonds. The number of ether oxygens (including phenoxy) is 1. The summed E-state index contributed by atoms with van der Waals surface area (Å²) in [5, 5.41) is 7.91. The molecule has 1 aromatic carbocycles. The zero-order valence-electron chi connectivity index (χ0n) is 12.1. The molecule has 1 aliphatic heterocycles. The van der Waals surface area contributed by atoms with Crippen molar-refractivity contribution in [3.8, 4) is 5.69 Å². The van der Waals surface area contributed by atoms with E-state index in [9.17, 15) is 0 Å². The van der Waals surface area contributed by atoms with Gasteiger partial charge in [0.25, 0.3) is 0 Å². The normalized spacial score (nSPS) is 19.8. The highest BCUT2D eigenvalue weighted by Crippen LogP contribution is 2.16. The van der Waals surface area contributed by atoms with Crippen molar-refractivity contribution in [2.75, 3.05) is 19.7 Å². The first-order chi connectivity index (χ1) is 10.4. The second kappa shape index (κ2) is 6.85. The van der Waals surface area contributed by atoms with Crippen molar-refractivity contribution < 1.29 is 4.74 Å². The molecular formula is C16H22N4O. The van der Waals surface area contributed by atoms with Gasteiger partial charge in [0.1, 0.15) is 0 Å². The highest BCUT2D eigenvalue weighted by Gasteiger charge is 2.18. The summed E-state index contributed by atoms with van der Waals surface area (Å²) in [6.07, 6.45) is 6.53. The highest BCUT2D eigenvalue weighted by atomic mass is 16.5. The van der Waals surface area contributed by atoms with Gasteiger partial charge < -0.3 is 15.8 Å². The Kier molecular flexibility index (Phi) is 4.65. The van der Waals surface area contributed by atoms with E-state index >= 15 is 0 Å². The average molecular weight is 286 g/mol. The quantitative estimate of drug-likeness (QED) is 0.847. The number of rotatable bonds is 6. The Hall–Kier alpha value is -1.69. The van der Waals surface area contributed by atoms with Gasteiger partial charge >= 0.3 is 0 Å². The number of nitrogens with one attached hydrogen (secondary N) is 1. The van der Waals surface area contributed by atoms with Gasteiger partial charge in [-0.1, -0.05) is 18.2 Å². The van der Waals surface area contributed by atoms with E-state index < -0.39 is 0 Å². The van der Waals surface area contributed by atoms with Crippen LogP contribution in [0.5, 0.6) is 0 Å². The van der Waals surface area contributed by atoms with E-state index in [1.807, 2.05) is 47.4 Å². The van der Waals surface area contributed by atoms with E-state index in [0.717, 1.165) is 37.2 Å². The van der Waals surface area contributed by atoms with Crippen molar-refractivity contribution >= 4 is 0 Å². The lowest BCUT2D eigenvalue weighted by atomic mass is 10.1. The summed E-state index contributed by atoms with van der Waals surface area (Å²) in [5.74, 6) is 0. The molecule has 3 N–H and O–H groups in total. The molecule has 1 fully saturated rings. The molecule has 1 saturated heterocycles. The van der Waals surface area contributed by atoms with Crippen LogP contribution in [0.4, 0.5) is 0 Å². The van der Waals surface area contributed by atoms with Crippen LogP contribution in [0.1, 0.15) is 24.4 Å². The summed E-state index contributed by atoms with van der Waals surface area (Å²) in [6.45, 7) is 2.27. The number of benzene rings is 1. The third-order valence-corrected chi connectivity index (χ3v) is 3.88. The summed E-state index contributed by atoms with van der Waals surface area (Å²) < 4.78 is 7.51. The predicted octanol–water partition coefficient (Wildman–Crippen LogP) is 1.64. The Balaban J connectivity index is 1.65. The van der Waals surface area contributed by atoms with Crippen molar-refractivity contribution in [3.63, 3.8) is 0 Å². The zero-order valence-corrected chi connectivity index (χ0v) is 12.1. The lowest BCUT2D eigenvalue weighted by molar-refractivity contribution is 0.107. The molecule has 2 atom stereocenters. The zero-order chi connectivity index (χ0) is 14.5. The highest BCUT2D eigenvalue weighted by molar-refractivity contribution is 5.31. The topological polar surface area (TPSA) is 65.1 Å². The Morgan fingerprint density at radius 1 is 1.38 bits per heavy atom. The number of hydrogen-bond acceptors (Lipinski definition) is 4. The molecular weight excluding hydrogens is 264 g/mol. The van der Waals surface area contributed by atoms with Crippen molar-refractivity contribution in [3.05, 3.63) is 48.3 Å². The minimum atomic E-state index is 0.117. The van der Waals surface area contributed by atoms with Crippen molar-refractivity contribution in [2.24, 2.45) is 5.73 Å². The molecule has 2 heterocycles. The molecule has 0 saturated carbocycles. The molecule has 5 heteroatoms. The third-order valence-electron chi connectivity index (χ3n) is 3.88. The SMILES string of the molecule is NCC(NCC1CCCO1)c1cnn(-c2ccccc2)c1. The van der Waals surface area contributed by atoms with Gasteiger partial charge in [-0.2, -0.15) is 5.10 Å². The van der Waals surface area contributed by atoms with Crippen molar-refractivity contribution in [1.82, 2.24) is 15.1 Å². The number of nitrogens with zero attached hydrogens (tertiary/aromatic N) is 2. The van der Waals surface area contributed by atoms with Gasteiger partial charge in [-0.3, -0.25) is 0 Å². The molecule has 1 aliphatic rings. The number of hydrogen-bond donors (Lipinski definition) is 2. The van der Waals surface area contributed by atoms with E-state index in [1.165, 1.54) is 0 Å². The molecule has 21 heavy (non-hydrogen) atoms. The first-order valence-electron chi connectivity index (χ1n) is 7.52. The van der Waals surface area contributed by atoms with Crippen LogP contribution < -0.4 is 11.1 Å². The smallest absolute Gasteiger partial charge is 0.0700 e. The van der Waals surface area contributed by atoms with Crippen LogP contribution in [0.3, 0.4) is 0 Å². The molecule has 3 rings (SSSR count). The van der Waals surface area contributed by atoms with Gasteiger partial charge in [-0.05, 0) is 25.0 Å². The van der Waals surface area contributed by atoms with E-state index in [0.29, 0.717) is 12.6 Å². The summed E-state index contributed by atoms with van der Waals surface area (Å²) in [4.78, 5) is 0. The maximum atomic E-state index is 5.90. The van der Waals surface area contributed by atoms with Crippen LogP contribution in [0.2, 0.25) is 0 Å². The fourth-order valence-corrected chi connectivity index (χ4v) is 2.65. The van der Waals surface area contributed by atoms with Crippen molar-refractivity contribution in [1.29, 1.82) is 0 Å². The summed E-state index contributed by atoms with van der Waals surface area (Å²) >= 11 is 0. The Morgan fingerprint density at radius 3 is 2.95 bits per heavy atom. The fourth-order valence-electron chi connectivity index (χ4n) is 2.65. The second-order valence-electron chi connectivity index (χ2n) is 5.39. The molecule has 2 unspecified atom stereocenters. The second-order valence-corrected chi connectivity index (χ2v) is 5.39. The lowest BCUT2D eigenvalue weighted by Crippen LogP contribution is -2.33. The molecule has 1 aromatic heterocycles. The predicted molar refractivity (Wildman–Crippen MR) is 82.3 cm³/mol. The number of nitrogens with two attached hydrogens (primary N) is 1. The summed E-state index contributed by atoms with van der Waals surface area (Å²) in [7, 11) is 0. The minimum Gasteiger partial charge on any atom is -0.377 e. The monoisotopic (exact) mass is 286 g/mol. The molecule has 5 nitrogen and oxygen atoms in total. The molecule has 112 valence electrons. The van der Waals surface area contributed by atoms with Gasteiger partial charge in [-0.15, -0.1) is 0 Å². The molecule has 0 spiro atoms. The van der Waals surface area contributed by atoms with E-state index in [-0.39, 0.29) is 6.04 Å². The van der Waals surface area contributed by atoms with Crippen LogP contribution in [-0.2, 0) is 4.74 Å². The van der Waals surface area contributed by atoms with Gasteiger partial charge in [0, 0.05) is 37.5 Å². The summed E-state index contributed by atoms with van der Waals surface area (Å²) in [6, 6.07) is 10.2. The molecule has 0 aliphatic carbocycles. The molecule has 2 aromatic rings. The van der Waals surface area contributed by atoms with Gasteiger partial charge in [-0.25, -0.2) is 4.68 Å². The van der Waals surface area contributed by atoms with Crippen LogP contribution in [0, 0.1) is 0 Å². The standard InChI is InChI=1S/C16H22N4O/c17-9-16(18-11-15-7-4-8-21-15)13-10-19-20(12-13)14-5-2-1-3-6-14/h1-3,5-6,10,12,15-16,18H,4,7-9,11,17H2. The molecule has 0 radical (unpaired) electrons. The maximum absolute atomic E-state index is 5.90. The first-order valence-corrected chi connectivity index (χ1v) is 7.52.